The molecular weight excluding hydrogens is 372 g/mol. The van der Waals surface area contributed by atoms with Crippen LogP contribution < -0.4 is 4.31 Å². The Morgan fingerprint density at radius 2 is 1.69 bits per heavy atom. The summed E-state index contributed by atoms with van der Waals surface area (Å²) in [5, 5.41) is 0. The Balaban J connectivity index is 2.05. The van der Waals surface area contributed by atoms with Crippen molar-refractivity contribution in [2.45, 2.75) is 69.9 Å². The van der Waals surface area contributed by atoms with Gasteiger partial charge in [-0.25, -0.2) is 16.8 Å². The molecule has 0 bridgehead atoms. The lowest BCUT2D eigenvalue weighted by Crippen LogP contribution is -2.47. The number of sulfonamides is 2. The summed E-state index contributed by atoms with van der Waals surface area (Å²) >= 11 is 0. The maximum Gasteiger partial charge on any atom is 0.243 e. The molecule has 1 aromatic carbocycles. The highest BCUT2D eigenvalue weighted by Gasteiger charge is 2.37. The molecule has 2 aliphatic heterocycles. The average Bonchev–Trinajstić information content (AvgIpc) is 2.54. The third-order valence-corrected chi connectivity index (χ3v) is 9.62. The number of anilines is 1. The van der Waals surface area contributed by atoms with Gasteiger partial charge in [0, 0.05) is 18.6 Å². The maximum atomic E-state index is 13.4. The summed E-state index contributed by atoms with van der Waals surface area (Å²) in [6.45, 7) is 6.06. The molecule has 0 amide bonds. The van der Waals surface area contributed by atoms with Crippen LogP contribution in [-0.2, 0) is 20.0 Å². The smallest absolute Gasteiger partial charge is 0.243 e. The molecule has 146 valence electrons. The molecule has 8 heteroatoms. The van der Waals surface area contributed by atoms with Gasteiger partial charge in [0.25, 0.3) is 0 Å². The van der Waals surface area contributed by atoms with E-state index in [-0.39, 0.29) is 22.7 Å². The van der Waals surface area contributed by atoms with E-state index in [1.165, 1.54) is 4.31 Å². The zero-order valence-corrected chi connectivity index (χ0v) is 17.3. The van der Waals surface area contributed by atoms with Gasteiger partial charge in [-0.15, -0.1) is 0 Å². The molecule has 6 nitrogen and oxygen atoms in total. The highest BCUT2D eigenvalue weighted by molar-refractivity contribution is 7.92. The third kappa shape index (κ3) is 3.51. The van der Waals surface area contributed by atoms with Gasteiger partial charge in [-0.1, -0.05) is 12.5 Å². The molecule has 0 spiro atoms. The van der Waals surface area contributed by atoms with Crippen LogP contribution >= 0.6 is 0 Å². The summed E-state index contributed by atoms with van der Waals surface area (Å²) < 4.78 is 54.5. The second-order valence-electron chi connectivity index (χ2n) is 7.51. The number of nitrogens with zero attached hydrogens (tertiary/aromatic N) is 2. The Kier molecular flexibility index (Phi) is 5.38. The first kappa shape index (κ1) is 19.6. The molecule has 2 fully saturated rings. The van der Waals surface area contributed by atoms with Crippen LogP contribution in [0.3, 0.4) is 0 Å². The minimum atomic E-state index is -3.68. The quantitative estimate of drug-likeness (QED) is 0.782. The van der Waals surface area contributed by atoms with Gasteiger partial charge in [-0.3, -0.25) is 4.31 Å². The fourth-order valence-corrected chi connectivity index (χ4v) is 7.85. The number of rotatable bonds is 3. The minimum Gasteiger partial charge on any atom is -0.270 e. The molecule has 0 radical (unpaired) electrons. The Bertz CT molecular complexity index is 870. The van der Waals surface area contributed by atoms with Crippen LogP contribution in [0.2, 0.25) is 0 Å². The Hall–Kier alpha value is -1.12. The van der Waals surface area contributed by atoms with Crippen molar-refractivity contribution in [2.24, 2.45) is 0 Å². The van der Waals surface area contributed by atoms with Crippen molar-refractivity contribution in [3.63, 3.8) is 0 Å². The predicted octanol–water partition coefficient (Wildman–Crippen LogP) is 2.88. The molecule has 0 aromatic heterocycles. The van der Waals surface area contributed by atoms with E-state index in [0.29, 0.717) is 24.2 Å². The zero-order chi connectivity index (χ0) is 19.1. The van der Waals surface area contributed by atoms with Crippen LogP contribution in [0.25, 0.3) is 0 Å². The summed E-state index contributed by atoms with van der Waals surface area (Å²) in [5.74, 6) is 0.114. The molecule has 26 heavy (non-hydrogen) atoms. The third-order valence-electron chi connectivity index (χ3n) is 5.48. The van der Waals surface area contributed by atoms with Crippen LogP contribution in [0, 0.1) is 6.92 Å². The second kappa shape index (κ2) is 7.13. The predicted molar refractivity (Wildman–Crippen MR) is 103 cm³/mol. The van der Waals surface area contributed by atoms with Crippen molar-refractivity contribution in [3.8, 4) is 0 Å². The molecule has 2 saturated heterocycles. The van der Waals surface area contributed by atoms with E-state index in [4.69, 9.17) is 0 Å². The van der Waals surface area contributed by atoms with Gasteiger partial charge >= 0.3 is 0 Å². The molecule has 1 aromatic rings. The van der Waals surface area contributed by atoms with E-state index < -0.39 is 20.0 Å². The second-order valence-corrected chi connectivity index (χ2v) is 11.3. The van der Waals surface area contributed by atoms with Gasteiger partial charge in [0.1, 0.15) is 0 Å². The average molecular weight is 401 g/mol. The molecule has 2 heterocycles. The lowest BCUT2D eigenvalue weighted by molar-refractivity contribution is 0.204. The summed E-state index contributed by atoms with van der Waals surface area (Å²) in [7, 11) is -7.05. The SMILES string of the molecule is Cc1ccc(N2CCCCS2(=O)=O)cc1S(=O)(=O)N1[C@H](C)CCC[C@@H]1C. The lowest BCUT2D eigenvalue weighted by Gasteiger charge is -2.38. The molecule has 2 aliphatic rings. The number of hydrogen-bond donors (Lipinski definition) is 0. The van der Waals surface area contributed by atoms with Crippen LogP contribution in [0.1, 0.15) is 51.5 Å². The summed E-state index contributed by atoms with van der Waals surface area (Å²) in [4.78, 5) is 0.219. The van der Waals surface area contributed by atoms with Crippen molar-refractivity contribution in [1.29, 1.82) is 0 Å². The van der Waals surface area contributed by atoms with Gasteiger partial charge in [0.05, 0.1) is 16.3 Å². The molecule has 3 rings (SSSR count). The van der Waals surface area contributed by atoms with Crippen molar-refractivity contribution < 1.29 is 16.8 Å². The van der Waals surface area contributed by atoms with Gasteiger partial charge in [-0.2, -0.15) is 4.31 Å². The summed E-state index contributed by atoms with van der Waals surface area (Å²) in [6.07, 6.45) is 4.17. The molecule has 2 atom stereocenters. The van der Waals surface area contributed by atoms with Gasteiger partial charge in [0.15, 0.2) is 0 Å². The minimum absolute atomic E-state index is 0.0504. The van der Waals surface area contributed by atoms with Gasteiger partial charge in [-0.05, 0) is 64.2 Å². The van der Waals surface area contributed by atoms with Crippen LogP contribution in [0.4, 0.5) is 5.69 Å². The molecule has 0 N–H and O–H groups in total. The van der Waals surface area contributed by atoms with E-state index >= 15 is 0 Å². The van der Waals surface area contributed by atoms with E-state index in [9.17, 15) is 16.8 Å². The summed E-state index contributed by atoms with van der Waals surface area (Å²) in [5.41, 5.74) is 1.10. The van der Waals surface area contributed by atoms with Gasteiger partial charge < -0.3 is 0 Å². The van der Waals surface area contributed by atoms with Crippen LogP contribution in [0.5, 0.6) is 0 Å². The number of piperidine rings is 1. The maximum absolute atomic E-state index is 13.4. The van der Waals surface area contributed by atoms with E-state index in [1.54, 1.807) is 29.4 Å². The molecule has 0 unspecified atom stereocenters. The molecule has 0 saturated carbocycles. The van der Waals surface area contributed by atoms with E-state index in [0.717, 1.165) is 25.7 Å². The van der Waals surface area contributed by atoms with E-state index in [2.05, 4.69) is 0 Å². The normalized spacial score (nSPS) is 27.4. The van der Waals surface area contributed by atoms with Crippen LogP contribution in [0.15, 0.2) is 23.1 Å². The van der Waals surface area contributed by atoms with Gasteiger partial charge in [0.2, 0.25) is 20.0 Å². The van der Waals surface area contributed by atoms with Crippen molar-refractivity contribution >= 4 is 25.7 Å². The fraction of sp³-hybridized carbons (Fsp3) is 0.667. The van der Waals surface area contributed by atoms with Crippen molar-refractivity contribution in [3.05, 3.63) is 23.8 Å². The zero-order valence-electron chi connectivity index (χ0n) is 15.7. The summed E-state index contributed by atoms with van der Waals surface area (Å²) in [6, 6.07) is 4.86. The first-order valence-corrected chi connectivity index (χ1v) is 12.3. The van der Waals surface area contributed by atoms with Crippen molar-refractivity contribution in [1.82, 2.24) is 4.31 Å². The lowest BCUT2D eigenvalue weighted by atomic mass is 10.0. The monoisotopic (exact) mass is 400 g/mol. The first-order chi connectivity index (χ1) is 12.1. The number of hydrogen-bond acceptors (Lipinski definition) is 4. The van der Waals surface area contributed by atoms with E-state index in [1.807, 2.05) is 13.8 Å². The Morgan fingerprint density at radius 1 is 1.04 bits per heavy atom. The highest BCUT2D eigenvalue weighted by Crippen LogP contribution is 2.33. The Morgan fingerprint density at radius 3 is 2.31 bits per heavy atom. The largest absolute Gasteiger partial charge is 0.270 e. The topological polar surface area (TPSA) is 74.8 Å². The standard InChI is InChI=1S/C18H28N2O4S2/c1-14-9-10-17(19-11-4-5-12-25(19,21)22)13-18(14)26(23,24)20-15(2)7-6-8-16(20)3/h9-10,13,15-16H,4-8,11-12H2,1-3H3/t15-,16+. The number of benzene rings is 1. The number of aryl methyl sites for hydroxylation is 1. The highest BCUT2D eigenvalue weighted by atomic mass is 32.2. The molecule has 0 aliphatic carbocycles. The van der Waals surface area contributed by atoms with Crippen molar-refractivity contribution in [2.75, 3.05) is 16.6 Å². The molecular formula is C18H28N2O4S2. The fourth-order valence-electron chi connectivity index (χ4n) is 4.09. The Labute approximate surface area is 157 Å². The first-order valence-electron chi connectivity index (χ1n) is 9.29. The van der Waals surface area contributed by atoms with Crippen LogP contribution in [-0.4, -0.2) is 45.5 Å².